The number of ketones is 1. The van der Waals surface area contributed by atoms with Crippen LogP contribution in [0.3, 0.4) is 0 Å². The number of rotatable bonds is 29. The van der Waals surface area contributed by atoms with E-state index in [0.29, 0.717) is 12.8 Å². The van der Waals surface area contributed by atoms with E-state index in [1.165, 1.54) is 128 Å². The summed E-state index contributed by atoms with van der Waals surface area (Å²) in [5, 5.41) is 2.95. The second-order valence-corrected chi connectivity index (χ2v) is 11.5. The van der Waals surface area contributed by atoms with Crippen molar-refractivity contribution in [2.45, 2.75) is 193 Å². The Hall–Kier alpha value is -0.900. The van der Waals surface area contributed by atoms with Gasteiger partial charge in [0.15, 0.2) is 5.78 Å². The number of carbonyl (C=O) groups is 2. The number of hydrogen-bond donors (Lipinski definition) is 1. The quantitative estimate of drug-likeness (QED) is 0.0602. The van der Waals surface area contributed by atoms with Gasteiger partial charge in [-0.2, -0.15) is 0 Å². The number of Topliss-reactive ketones (excluding diaryl/α,β-unsaturated/α-hetero) is 1. The predicted octanol–water partition coefficient (Wildman–Crippen LogP) is 10.2. The van der Waals surface area contributed by atoms with Gasteiger partial charge >= 0.3 is 5.97 Å². The SMILES string of the molecule is CCCCCCCCCCCCCCCCCC(=O)OC(C)(NC)C(=O)CCCCCCCCCCC. The van der Waals surface area contributed by atoms with Crippen LogP contribution in [0, 0.1) is 0 Å². The molecule has 0 spiro atoms. The van der Waals surface area contributed by atoms with Crippen LogP contribution in [-0.2, 0) is 14.3 Å². The molecule has 1 unspecified atom stereocenters. The first-order valence-corrected chi connectivity index (χ1v) is 16.4. The summed E-state index contributed by atoms with van der Waals surface area (Å²) in [6.07, 6.45) is 31.5. The molecule has 0 aliphatic carbocycles. The fraction of sp³-hybridized carbons (Fsp3) is 0.939. The minimum Gasteiger partial charge on any atom is -0.437 e. The first kappa shape index (κ1) is 36.1. The van der Waals surface area contributed by atoms with E-state index in [1.807, 2.05) is 0 Å². The van der Waals surface area contributed by atoms with Crippen LogP contribution in [0.4, 0.5) is 0 Å². The van der Waals surface area contributed by atoms with E-state index in [4.69, 9.17) is 4.74 Å². The Labute approximate surface area is 231 Å². The third-order valence-corrected chi connectivity index (χ3v) is 7.82. The zero-order valence-corrected chi connectivity index (χ0v) is 25.6. The zero-order valence-electron chi connectivity index (χ0n) is 25.6. The van der Waals surface area contributed by atoms with Crippen molar-refractivity contribution in [2.24, 2.45) is 0 Å². The molecule has 0 saturated carbocycles. The largest absolute Gasteiger partial charge is 0.437 e. The van der Waals surface area contributed by atoms with Crippen molar-refractivity contribution in [1.82, 2.24) is 5.32 Å². The van der Waals surface area contributed by atoms with Crippen molar-refractivity contribution in [1.29, 1.82) is 0 Å². The van der Waals surface area contributed by atoms with E-state index in [1.54, 1.807) is 14.0 Å². The Morgan fingerprint density at radius 1 is 0.514 bits per heavy atom. The van der Waals surface area contributed by atoms with E-state index in [0.717, 1.165) is 25.7 Å². The van der Waals surface area contributed by atoms with Gasteiger partial charge in [-0.05, 0) is 26.8 Å². The van der Waals surface area contributed by atoms with E-state index >= 15 is 0 Å². The molecule has 0 amide bonds. The fourth-order valence-corrected chi connectivity index (χ4v) is 5.00. The van der Waals surface area contributed by atoms with Crippen LogP contribution in [0.1, 0.15) is 188 Å². The van der Waals surface area contributed by atoms with Crippen LogP contribution >= 0.6 is 0 Å². The minimum absolute atomic E-state index is 0.0113. The van der Waals surface area contributed by atoms with Gasteiger partial charge in [0.25, 0.3) is 0 Å². The van der Waals surface area contributed by atoms with Crippen molar-refractivity contribution >= 4 is 11.8 Å². The summed E-state index contributed by atoms with van der Waals surface area (Å²) in [5.74, 6) is -0.269. The third kappa shape index (κ3) is 22.8. The second kappa shape index (κ2) is 26.7. The summed E-state index contributed by atoms with van der Waals surface area (Å²) < 4.78 is 5.60. The molecule has 4 nitrogen and oxygen atoms in total. The normalized spacial score (nSPS) is 13.0. The summed E-state index contributed by atoms with van der Waals surface area (Å²) in [6.45, 7) is 6.22. The Balaban J connectivity index is 3.70. The fourth-order valence-electron chi connectivity index (χ4n) is 5.00. The highest BCUT2D eigenvalue weighted by molar-refractivity contribution is 5.88. The molecule has 220 valence electrons. The molecule has 0 aliphatic rings. The second-order valence-electron chi connectivity index (χ2n) is 11.5. The molecular weight excluding hydrogens is 458 g/mol. The zero-order chi connectivity index (χ0) is 27.5. The first-order chi connectivity index (χ1) is 18.0. The number of nitrogens with one attached hydrogen (secondary N) is 1. The van der Waals surface area contributed by atoms with Gasteiger partial charge in [-0.3, -0.25) is 14.9 Å². The lowest BCUT2D eigenvalue weighted by Gasteiger charge is -2.27. The van der Waals surface area contributed by atoms with Crippen molar-refractivity contribution in [2.75, 3.05) is 7.05 Å². The number of ether oxygens (including phenoxy) is 1. The molecule has 0 aromatic heterocycles. The van der Waals surface area contributed by atoms with Crippen molar-refractivity contribution in [3.63, 3.8) is 0 Å². The van der Waals surface area contributed by atoms with Gasteiger partial charge in [0.05, 0.1) is 0 Å². The molecule has 0 aliphatic heterocycles. The van der Waals surface area contributed by atoms with Gasteiger partial charge < -0.3 is 4.74 Å². The smallest absolute Gasteiger partial charge is 0.307 e. The highest BCUT2D eigenvalue weighted by atomic mass is 16.6. The van der Waals surface area contributed by atoms with Gasteiger partial charge in [0.1, 0.15) is 0 Å². The lowest BCUT2D eigenvalue weighted by molar-refractivity contribution is -0.169. The van der Waals surface area contributed by atoms with Gasteiger partial charge in [0.2, 0.25) is 5.72 Å². The number of hydrogen-bond acceptors (Lipinski definition) is 4. The predicted molar refractivity (Wildman–Crippen MR) is 160 cm³/mol. The topological polar surface area (TPSA) is 55.4 Å². The van der Waals surface area contributed by atoms with Gasteiger partial charge in [-0.15, -0.1) is 0 Å². The molecule has 37 heavy (non-hydrogen) atoms. The van der Waals surface area contributed by atoms with E-state index in [2.05, 4.69) is 19.2 Å². The van der Waals surface area contributed by atoms with Gasteiger partial charge in [-0.1, -0.05) is 155 Å². The molecule has 0 radical (unpaired) electrons. The standard InChI is InChI=1S/C33H65NO3/c1-5-7-9-11-13-15-16-17-18-19-20-22-24-26-28-30-32(36)37-33(3,34-4)31(35)29-27-25-23-21-14-12-10-8-6-2/h34H,5-30H2,1-4H3. The third-order valence-electron chi connectivity index (χ3n) is 7.82. The van der Waals surface area contributed by atoms with Crippen LogP contribution < -0.4 is 5.32 Å². The maximum atomic E-state index is 12.7. The maximum Gasteiger partial charge on any atom is 0.307 e. The monoisotopic (exact) mass is 523 g/mol. The molecule has 0 heterocycles. The molecule has 0 bridgehead atoms. The highest BCUT2D eigenvalue weighted by Gasteiger charge is 2.34. The van der Waals surface area contributed by atoms with Crippen molar-refractivity contribution in [3.05, 3.63) is 0 Å². The minimum atomic E-state index is -1.19. The van der Waals surface area contributed by atoms with E-state index < -0.39 is 5.72 Å². The molecule has 0 aromatic carbocycles. The molecule has 4 heteroatoms. The lowest BCUT2D eigenvalue weighted by atomic mass is 10.0. The molecule has 1 N–H and O–H groups in total. The van der Waals surface area contributed by atoms with Crippen molar-refractivity contribution < 1.29 is 14.3 Å². The summed E-state index contributed by atoms with van der Waals surface area (Å²) in [4.78, 5) is 25.1. The average Bonchev–Trinajstić information content (AvgIpc) is 2.89. The average molecular weight is 524 g/mol. The molecular formula is C33H65NO3. The molecule has 0 aromatic rings. The maximum absolute atomic E-state index is 12.7. The Morgan fingerprint density at radius 2 is 0.811 bits per heavy atom. The molecule has 1 atom stereocenters. The summed E-state index contributed by atoms with van der Waals surface area (Å²) in [7, 11) is 1.70. The first-order valence-electron chi connectivity index (χ1n) is 16.4. The van der Waals surface area contributed by atoms with Crippen LogP contribution in [-0.4, -0.2) is 24.5 Å². The molecule has 0 rings (SSSR count). The number of unbranched alkanes of at least 4 members (excludes halogenated alkanes) is 22. The highest BCUT2D eigenvalue weighted by Crippen LogP contribution is 2.18. The molecule has 0 saturated heterocycles. The number of carbonyl (C=O) groups excluding carboxylic acids is 2. The van der Waals surface area contributed by atoms with Crippen LogP contribution in [0.2, 0.25) is 0 Å². The summed E-state index contributed by atoms with van der Waals surface area (Å²) in [5.41, 5.74) is -1.19. The van der Waals surface area contributed by atoms with Crippen LogP contribution in [0.15, 0.2) is 0 Å². The Kier molecular flexibility index (Phi) is 26.0. The van der Waals surface area contributed by atoms with E-state index in [-0.39, 0.29) is 11.8 Å². The van der Waals surface area contributed by atoms with Gasteiger partial charge in [-0.25, -0.2) is 0 Å². The van der Waals surface area contributed by atoms with Gasteiger partial charge in [0, 0.05) is 12.8 Å². The Morgan fingerprint density at radius 3 is 1.14 bits per heavy atom. The van der Waals surface area contributed by atoms with E-state index in [9.17, 15) is 9.59 Å². The summed E-state index contributed by atoms with van der Waals surface area (Å²) >= 11 is 0. The number of likely N-dealkylation sites (N-methyl/N-ethyl adjacent to an activating group) is 1. The summed E-state index contributed by atoms with van der Waals surface area (Å²) in [6, 6.07) is 0. The van der Waals surface area contributed by atoms with Crippen LogP contribution in [0.25, 0.3) is 0 Å². The Bertz CT molecular complexity index is 522. The van der Waals surface area contributed by atoms with Crippen molar-refractivity contribution in [3.8, 4) is 0 Å². The lowest BCUT2D eigenvalue weighted by Crippen LogP contribution is -2.51. The van der Waals surface area contributed by atoms with Crippen LogP contribution in [0.5, 0.6) is 0 Å². The number of esters is 1. The molecule has 0 fully saturated rings.